The normalized spacial score (nSPS) is 19.1. The van der Waals surface area contributed by atoms with Crippen LogP contribution >= 0.6 is 0 Å². The molecule has 1 aliphatic rings. The molecule has 0 amide bonds. The standard InChI is InChI=1S/C33H34O8/c1-3-39-29(35)18-26-19-33(31(36)40-21-23-10-6-4-7-11-23,32(37)41-22-24-12-8-5-9-13-24)30(28(26)20-34)25-14-16-27(38-2)17-15-25/h4-17,20,26,28,30H,3,18-19,21-22H2,1-2H3/t26-,28+,30-/m1/s1. The van der Waals surface area contributed by atoms with Crippen molar-refractivity contribution in [3.63, 3.8) is 0 Å². The molecule has 1 aliphatic carbocycles. The molecule has 3 aromatic rings. The molecule has 0 heterocycles. The molecule has 1 fully saturated rings. The van der Waals surface area contributed by atoms with Crippen LogP contribution in [-0.4, -0.2) is 37.9 Å². The molecule has 0 saturated heterocycles. The van der Waals surface area contributed by atoms with Gasteiger partial charge in [0.25, 0.3) is 0 Å². The van der Waals surface area contributed by atoms with Crippen LogP contribution < -0.4 is 4.74 Å². The first-order valence-corrected chi connectivity index (χ1v) is 13.6. The Morgan fingerprint density at radius 1 is 0.805 bits per heavy atom. The smallest absolute Gasteiger partial charge is 0.324 e. The summed E-state index contributed by atoms with van der Waals surface area (Å²) in [6.45, 7) is 1.72. The number of esters is 3. The van der Waals surface area contributed by atoms with Gasteiger partial charge in [-0.1, -0.05) is 72.8 Å². The van der Waals surface area contributed by atoms with E-state index in [2.05, 4.69) is 0 Å². The number of ether oxygens (including phenoxy) is 4. The SMILES string of the molecule is CCOC(=O)C[C@@H]1CC(C(=O)OCc2ccccc2)(C(=O)OCc2ccccc2)[C@H](c2ccc(OC)cc2)[C@H]1C=O. The Bertz CT molecular complexity index is 1260. The van der Waals surface area contributed by atoms with Crippen molar-refractivity contribution in [3.8, 4) is 5.75 Å². The Morgan fingerprint density at radius 2 is 1.34 bits per heavy atom. The van der Waals surface area contributed by atoms with Crippen molar-refractivity contribution in [1.29, 1.82) is 0 Å². The van der Waals surface area contributed by atoms with E-state index in [9.17, 15) is 19.2 Å². The van der Waals surface area contributed by atoms with E-state index >= 15 is 0 Å². The molecule has 214 valence electrons. The van der Waals surface area contributed by atoms with Crippen molar-refractivity contribution < 1.29 is 38.1 Å². The summed E-state index contributed by atoms with van der Waals surface area (Å²) >= 11 is 0. The van der Waals surface area contributed by atoms with Gasteiger partial charge in [-0.3, -0.25) is 14.4 Å². The van der Waals surface area contributed by atoms with E-state index in [-0.39, 0.29) is 32.7 Å². The first-order valence-electron chi connectivity index (χ1n) is 13.6. The monoisotopic (exact) mass is 558 g/mol. The fraction of sp³-hybridized carbons (Fsp3) is 0.333. The molecule has 0 aliphatic heterocycles. The van der Waals surface area contributed by atoms with E-state index in [1.54, 1.807) is 55.5 Å². The van der Waals surface area contributed by atoms with Crippen LogP contribution in [0.15, 0.2) is 84.9 Å². The zero-order valence-electron chi connectivity index (χ0n) is 23.2. The molecule has 41 heavy (non-hydrogen) atoms. The number of aldehydes is 1. The van der Waals surface area contributed by atoms with E-state index < -0.39 is 41.1 Å². The number of carbonyl (C=O) groups is 4. The molecule has 0 bridgehead atoms. The van der Waals surface area contributed by atoms with Crippen molar-refractivity contribution in [1.82, 2.24) is 0 Å². The van der Waals surface area contributed by atoms with Crippen LogP contribution in [-0.2, 0) is 46.6 Å². The van der Waals surface area contributed by atoms with Crippen LogP contribution in [0.2, 0.25) is 0 Å². The van der Waals surface area contributed by atoms with Gasteiger partial charge in [0.2, 0.25) is 0 Å². The van der Waals surface area contributed by atoms with Gasteiger partial charge in [-0.05, 0) is 48.1 Å². The molecule has 1 saturated carbocycles. The van der Waals surface area contributed by atoms with Crippen LogP contribution in [0, 0.1) is 17.3 Å². The average molecular weight is 559 g/mol. The van der Waals surface area contributed by atoms with Gasteiger partial charge >= 0.3 is 17.9 Å². The van der Waals surface area contributed by atoms with Crippen molar-refractivity contribution >= 4 is 24.2 Å². The second-order valence-electron chi connectivity index (χ2n) is 10.0. The Kier molecular flexibility index (Phi) is 9.90. The van der Waals surface area contributed by atoms with Gasteiger partial charge in [-0.2, -0.15) is 0 Å². The minimum absolute atomic E-state index is 0.0724. The molecular weight excluding hydrogens is 524 g/mol. The molecule has 0 unspecified atom stereocenters. The summed E-state index contributed by atoms with van der Waals surface area (Å²) in [7, 11) is 1.53. The van der Waals surface area contributed by atoms with Crippen molar-refractivity contribution in [2.75, 3.05) is 13.7 Å². The zero-order chi connectivity index (χ0) is 29.2. The topological polar surface area (TPSA) is 105 Å². The van der Waals surface area contributed by atoms with Crippen LogP contribution in [0.3, 0.4) is 0 Å². The third-order valence-corrected chi connectivity index (χ3v) is 7.56. The summed E-state index contributed by atoms with van der Waals surface area (Å²) in [5.74, 6) is -4.02. The van der Waals surface area contributed by atoms with Crippen molar-refractivity contribution in [2.24, 2.45) is 17.3 Å². The molecule has 0 N–H and O–H groups in total. The Labute approximate surface area is 239 Å². The molecule has 0 spiro atoms. The molecule has 8 nitrogen and oxygen atoms in total. The fourth-order valence-electron chi connectivity index (χ4n) is 5.63. The lowest BCUT2D eigenvalue weighted by Crippen LogP contribution is -2.45. The van der Waals surface area contributed by atoms with Crippen LogP contribution in [0.1, 0.15) is 42.4 Å². The van der Waals surface area contributed by atoms with Crippen LogP contribution in [0.4, 0.5) is 0 Å². The molecular formula is C33H34O8. The first-order chi connectivity index (χ1) is 19.9. The summed E-state index contributed by atoms with van der Waals surface area (Å²) in [6.07, 6.45) is 0.465. The zero-order valence-corrected chi connectivity index (χ0v) is 23.2. The van der Waals surface area contributed by atoms with Gasteiger partial charge in [0.1, 0.15) is 25.2 Å². The molecule has 4 rings (SSSR count). The van der Waals surface area contributed by atoms with Gasteiger partial charge in [0, 0.05) is 18.3 Å². The summed E-state index contributed by atoms with van der Waals surface area (Å²) in [5.41, 5.74) is 0.147. The lowest BCUT2D eigenvalue weighted by atomic mass is 9.71. The van der Waals surface area contributed by atoms with Gasteiger partial charge < -0.3 is 23.7 Å². The highest BCUT2D eigenvalue weighted by molar-refractivity contribution is 6.02. The highest BCUT2D eigenvalue weighted by Crippen LogP contribution is 2.57. The summed E-state index contributed by atoms with van der Waals surface area (Å²) in [4.78, 5) is 53.5. The number of methoxy groups -OCH3 is 1. The number of carbonyl (C=O) groups excluding carboxylic acids is 4. The number of hydrogen-bond acceptors (Lipinski definition) is 8. The molecule has 3 atom stereocenters. The molecule has 0 radical (unpaired) electrons. The van der Waals surface area contributed by atoms with Crippen LogP contribution in [0.5, 0.6) is 5.75 Å². The predicted octanol–water partition coefficient (Wildman–Crippen LogP) is 5.04. The van der Waals surface area contributed by atoms with E-state index in [0.717, 1.165) is 17.4 Å². The van der Waals surface area contributed by atoms with Gasteiger partial charge in [-0.25, -0.2) is 0 Å². The Balaban J connectivity index is 1.78. The molecule has 3 aromatic carbocycles. The van der Waals surface area contributed by atoms with Gasteiger partial charge in [-0.15, -0.1) is 0 Å². The predicted molar refractivity (Wildman–Crippen MR) is 150 cm³/mol. The van der Waals surface area contributed by atoms with E-state index in [0.29, 0.717) is 11.3 Å². The second kappa shape index (κ2) is 13.7. The highest BCUT2D eigenvalue weighted by Gasteiger charge is 2.65. The fourth-order valence-corrected chi connectivity index (χ4v) is 5.63. The number of benzene rings is 3. The van der Waals surface area contributed by atoms with E-state index in [1.807, 2.05) is 36.4 Å². The van der Waals surface area contributed by atoms with Crippen LogP contribution in [0.25, 0.3) is 0 Å². The largest absolute Gasteiger partial charge is 0.497 e. The first kappa shape index (κ1) is 29.5. The lowest BCUT2D eigenvalue weighted by molar-refractivity contribution is -0.176. The average Bonchev–Trinajstić information content (AvgIpc) is 3.34. The third-order valence-electron chi connectivity index (χ3n) is 7.56. The van der Waals surface area contributed by atoms with E-state index in [4.69, 9.17) is 18.9 Å². The number of hydrogen-bond donors (Lipinski definition) is 0. The Hall–Kier alpha value is -4.46. The molecule has 0 aromatic heterocycles. The summed E-state index contributed by atoms with van der Waals surface area (Å²) < 4.78 is 22.0. The maximum Gasteiger partial charge on any atom is 0.324 e. The summed E-state index contributed by atoms with van der Waals surface area (Å²) in [6, 6.07) is 25.0. The van der Waals surface area contributed by atoms with Crippen molar-refractivity contribution in [3.05, 3.63) is 102 Å². The lowest BCUT2D eigenvalue weighted by Gasteiger charge is -2.32. The number of rotatable bonds is 12. The van der Waals surface area contributed by atoms with Gasteiger partial charge in [0.05, 0.1) is 13.7 Å². The minimum Gasteiger partial charge on any atom is -0.497 e. The molecule has 8 heteroatoms. The second-order valence-corrected chi connectivity index (χ2v) is 10.0. The quantitative estimate of drug-likeness (QED) is 0.132. The van der Waals surface area contributed by atoms with E-state index in [1.165, 1.54) is 7.11 Å². The summed E-state index contributed by atoms with van der Waals surface area (Å²) in [5, 5.41) is 0. The maximum atomic E-state index is 14.1. The minimum atomic E-state index is -1.89. The highest BCUT2D eigenvalue weighted by atomic mass is 16.6. The van der Waals surface area contributed by atoms with Gasteiger partial charge in [0.15, 0.2) is 5.41 Å². The Morgan fingerprint density at radius 3 is 1.80 bits per heavy atom. The maximum absolute atomic E-state index is 14.1. The van der Waals surface area contributed by atoms with Crippen molar-refractivity contribution in [2.45, 2.75) is 38.9 Å². The third kappa shape index (κ3) is 6.65.